The predicted molar refractivity (Wildman–Crippen MR) is 164 cm³/mol. The van der Waals surface area contributed by atoms with Crippen molar-refractivity contribution in [3.63, 3.8) is 0 Å². The summed E-state index contributed by atoms with van der Waals surface area (Å²) in [7, 11) is 1.06. The molecule has 6 rings (SSSR count). The molecule has 3 aliphatic carbocycles. The van der Waals surface area contributed by atoms with Gasteiger partial charge in [-0.15, -0.1) is 0 Å². The zero-order valence-electron chi connectivity index (χ0n) is 28.7. The average molecular weight is 711 g/mol. The Kier molecular flexibility index (Phi) is 9.29. The minimum absolute atomic E-state index is 0.0225. The summed E-state index contributed by atoms with van der Waals surface area (Å²) in [6.45, 7) is 7.74. The highest BCUT2D eigenvalue weighted by molar-refractivity contribution is 5.96. The summed E-state index contributed by atoms with van der Waals surface area (Å²) < 4.78 is 34.3. The van der Waals surface area contributed by atoms with Gasteiger partial charge in [-0.25, -0.2) is 14.4 Å². The molecule has 0 aromatic carbocycles. The van der Waals surface area contributed by atoms with Gasteiger partial charge in [0.1, 0.15) is 36.6 Å². The molecule has 15 atom stereocenters. The Hall–Kier alpha value is -2.96. The summed E-state index contributed by atoms with van der Waals surface area (Å²) >= 11 is 0. The van der Waals surface area contributed by atoms with Crippen molar-refractivity contribution in [2.24, 2.45) is 34.5 Å². The highest BCUT2D eigenvalue weighted by atomic mass is 16.7. The van der Waals surface area contributed by atoms with Crippen LogP contribution in [0.4, 0.5) is 0 Å². The predicted octanol–water partition coefficient (Wildman–Crippen LogP) is -1.59. The van der Waals surface area contributed by atoms with Crippen LogP contribution in [0.2, 0.25) is 0 Å². The zero-order valence-corrected chi connectivity index (χ0v) is 28.7. The Balaban J connectivity index is 1.44. The van der Waals surface area contributed by atoms with E-state index in [0.717, 1.165) is 7.11 Å². The van der Waals surface area contributed by atoms with Crippen molar-refractivity contribution in [2.75, 3.05) is 20.3 Å². The standard InChI is InChI=1S/C34H46O16/c1-12(2)13(3)7-19(37)49-25-27-33-11-46-34(27,31(44)45-6)28(42)23(41)26(33)32(5)9-16(36)24(14(4)15(32)8-18(33)48-29(25)43)50-30-22(40)21(39)20(38)17(10-35)47-30/h7,12,15,17-18,20-23,25-28,30,35,38-42H,8-11H2,1-6H3/b13-7+/t15-,17+,18+,20+,21-,22+,23+,25+,26+,27+,28-,30-,32-,33+,34?/m0/s1. The minimum Gasteiger partial charge on any atom is -0.467 e. The summed E-state index contributed by atoms with van der Waals surface area (Å²) in [5.74, 6) is -6.90. The van der Waals surface area contributed by atoms with E-state index < -0.39 is 120 Å². The number of esters is 3. The van der Waals surface area contributed by atoms with Gasteiger partial charge in [0.05, 0.1) is 32.3 Å². The molecule has 0 aromatic heterocycles. The SMILES string of the molecule is COC(=O)C12OC[C@]34[C@H]([C@@H](O)[C@@H]1O)[C@@]1(C)CC(=O)C(O[C@@H]5O[C@H](CO)[C@@H](O)[C@H](O)[C@H]5O)=C(C)[C@@H]1C[C@H]3OC(=O)[C@H](OC(=O)/C=C(\C)C(C)C)[C@@H]24. The number of Topliss-reactive ketones (excluding diaryl/α,β-unsaturated/α-hetero) is 1. The molecule has 16 heteroatoms. The van der Waals surface area contributed by atoms with Gasteiger partial charge in [0.25, 0.3) is 0 Å². The number of aliphatic hydroxyl groups excluding tert-OH is 6. The Morgan fingerprint density at radius 3 is 2.34 bits per heavy atom. The van der Waals surface area contributed by atoms with Gasteiger partial charge in [-0.2, -0.15) is 0 Å². The molecule has 1 unspecified atom stereocenters. The normalized spacial score (nSPS) is 46.9. The molecule has 0 amide bonds. The molecule has 278 valence electrons. The highest BCUT2D eigenvalue weighted by Gasteiger charge is 2.85. The summed E-state index contributed by atoms with van der Waals surface area (Å²) in [6, 6.07) is 0. The second kappa shape index (κ2) is 12.6. The third-order valence-electron chi connectivity index (χ3n) is 12.4. The molecule has 2 saturated carbocycles. The number of ketones is 1. The number of carbonyl (C=O) groups excluding carboxylic acids is 4. The van der Waals surface area contributed by atoms with Crippen LogP contribution in [0.25, 0.3) is 0 Å². The van der Waals surface area contributed by atoms with Crippen LogP contribution >= 0.6 is 0 Å². The second-order valence-corrected chi connectivity index (χ2v) is 15.1. The van der Waals surface area contributed by atoms with Crippen LogP contribution in [0.5, 0.6) is 0 Å². The van der Waals surface area contributed by atoms with E-state index in [1.165, 1.54) is 6.08 Å². The van der Waals surface area contributed by atoms with Gasteiger partial charge in [0.15, 0.2) is 11.5 Å². The van der Waals surface area contributed by atoms with Crippen LogP contribution in [0.3, 0.4) is 0 Å². The van der Waals surface area contributed by atoms with E-state index >= 15 is 0 Å². The van der Waals surface area contributed by atoms with Gasteiger partial charge in [0.2, 0.25) is 18.0 Å². The monoisotopic (exact) mass is 710 g/mol. The average Bonchev–Trinajstić information content (AvgIpc) is 3.37. The third kappa shape index (κ3) is 4.94. The van der Waals surface area contributed by atoms with Crippen LogP contribution in [-0.4, -0.2) is 135 Å². The van der Waals surface area contributed by atoms with Crippen LogP contribution in [0.15, 0.2) is 23.0 Å². The number of hydrogen-bond donors (Lipinski definition) is 6. The molecule has 5 fully saturated rings. The molecule has 3 heterocycles. The molecule has 50 heavy (non-hydrogen) atoms. The van der Waals surface area contributed by atoms with Crippen LogP contribution in [0, 0.1) is 34.5 Å². The first-order chi connectivity index (χ1) is 23.4. The molecule has 6 N–H and O–H groups in total. The molecule has 3 aliphatic heterocycles. The van der Waals surface area contributed by atoms with Crippen LogP contribution < -0.4 is 0 Å². The van der Waals surface area contributed by atoms with Crippen LogP contribution in [-0.2, 0) is 47.6 Å². The van der Waals surface area contributed by atoms with Gasteiger partial charge >= 0.3 is 17.9 Å². The fourth-order valence-corrected chi connectivity index (χ4v) is 9.80. The van der Waals surface area contributed by atoms with E-state index in [9.17, 15) is 49.8 Å². The van der Waals surface area contributed by atoms with Gasteiger partial charge in [-0.1, -0.05) is 26.3 Å². The lowest BCUT2D eigenvalue weighted by Crippen LogP contribution is -2.79. The maximum atomic E-state index is 14.0. The van der Waals surface area contributed by atoms with E-state index in [-0.39, 0.29) is 31.1 Å². The lowest BCUT2D eigenvalue weighted by atomic mass is 9.38. The maximum absolute atomic E-state index is 14.0. The fraction of sp³-hybridized carbons (Fsp3) is 0.765. The molecule has 0 radical (unpaired) electrons. The molecule has 0 aromatic rings. The number of ether oxygens (including phenoxy) is 6. The molecule has 6 aliphatic rings. The van der Waals surface area contributed by atoms with Gasteiger partial charge in [-0.3, -0.25) is 4.79 Å². The minimum atomic E-state index is -2.33. The van der Waals surface area contributed by atoms with E-state index in [1.807, 2.05) is 13.8 Å². The van der Waals surface area contributed by atoms with Gasteiger partial charge in [0, 0.05) is 23.8 Å². The quantitative estimate of drug-likeness (QED) is 0.0991. The number of methoxy groups -OCH3 is 1. The largest absolute Gasteiger partial charge is 0.467 e. The molecular formula is C34H46O16. The first-order valence-electron chi connectivity index (χ1n) is 16.8. The van der Waals surface area contributed by atoms with E-state index in [4.69, 9.17) is 28.4 Å². The number of carbonyl (C=O) groups is 4. The third-order valence-corrected chi connectivity index (χ3v) is 12.4. The van der Waals surface area contributed by atoms with Crippen molar-refractivity contribution in [3.05, 3.63) is 23.0 Å². The Labute approximate surface area is 287 Å². The summed E-state index contributed by atoms with van der Waals surface area (Å²) in [5, 5.41) is 64.6. The van der Waals surface area contributed by atoms with E-state index in [0.29, 0.717) is 11.1 Å². The summed E-state index contributed by atoms with van der Waals surface area (Å²) in [4.78, 5) is 54.6. The fourth-order valence-electron chi connectivity index (χ4n) is 9.80. The van der Waals surface area contributed by atoms with Crippen molar-refractivity contribution in [2.45, 2.75) is 108 Å². The Morgan fingerprint density at radius 2 is 1.72 bits per heavy atom. The Bertz CT molecular complexity index is 1500. The number of rotatable bonds is 7. The summed E-state index contributed by atoms with van der Waals surface area (Å²) in [6.07, 6.45) is -13.7. The molecular weight excluding hydrogens is 664 g/mol. The van der Waals surface area contributed by atoms with Crippen molar-refractivity contribution >= 4 is 23.7 Å². The number of allylic oxidation sites excluding steroid dienone is 3. The molecule has 2 bridgehead atoms. The smallest absolute Gasteiger partial charge is 0.348 e. The van der Waals surface area contributed by atoms with E-state index in [1.54, 1.807) is 20.8 Å². The van der Waals surface area contributed by atoms with Crippen molar-refractivity contribution in [3.8, 4) is 0 Å². The highest BCUT2D eigenvalue weighted by Crippen LogP contribution is 2.73. The number of aliphatic hydroxyl groups is 6. The van der Waals surface area contributed by atoms with Crippen LogP contribution in [0.1, 0.15) is 47.5 Å². The van der Waals surface area contributed by atoms with Crippen molar-refractivity contribution in [1.82, 2.24) is 0 Å². The lowest BCUT2D eigenvalue weighted by molar-refractivity contribution is -0.296. The Morgan fingerprint density at radius 1 is 1.04 bits per heavy atom. The van der Waals surface area contributed by atoms with Gasteiger partial charge < -0.3 is 59.1 Å². The zero-order chi connectivity index (χ0) is 36.8. The molecule has 3 saturated heterocycles. The first kappa shape index (κ1) is 36.8. The number of fused-ring (bicyclic) bond motifs is 2. The maximum Gasteiger partial charge on any atom is 0.348 e. The molecule has 1 spiro atoms. The topological polar surface area (TPSA) is 245 Å². The van der Waals surface area contributed by atoms with E-state index in [2.05, 4.69) is 0 Å². The van der Waals surface area contributed by atoms with Crippen molar-refractivity contribution in [1.29, 1.82) is 0 Å². The molecule has 16 nitrogen and oxygen atoms in total. The number of hydrogen-bond acceptors (Lipinski definition) is 16. The first-order valence-corrected chi connectivity index (χ1v) is 16.8. The van der Waals surface area contributed by atoms with Crippen molar-refractivity contribution < 1.29 is 78.2 Å². The summed E-state index contributed by atoms with van der Waals surface area (Å²) in [5.41, 5.74) is -3.97. The second-order valence-electron chi connectivity index (χ2n) is 15.1. The van der Waals surface area contributed by atoms with Gasteiger partial charge in [-0.05, 0) is 43.1 Å². The lowest BCUT2D eigenvalue weighted by Gasteiger charge is -2.67.